The lowest BCUT2D eigenvalue weighted by molar-refractivity contribution is 0.407. The number of hydrogen-bond donors (Lipinski definition) is 0. The average Bonchev–Trinajstić information content (AvgIpc) is 2.46. The first-order valence-electron chi connectivity index (χ1n) is 5.80. The summed E-state index contributed by atoms with van der Waals surface area (Å²) in [6.07, 6.45) is 0. The number of aromatic nitrogens is 1. The van der Waals surface area contributed by atoms with Crippen molar-refractivity contribution in [2.45, 2.75) is 6.92 Å². The quantitative estimate of drug-likeness (QED) is 0.852. The minimum absolute atomic E-state index is 0.304. The lowest BCUT2D eigenvalue weighted by Crippen LogP contribution is -1.93. The maximum absolute atomic E-state index is 8.95. The summed E-state index contributed by atoms with van der Waals surface area (Å²) >= 11 is 0. The Kier molecular flexibility index (Phi) is 3.83. The van der Waals surface area contributed by atoms with Gasteiger partial charge in [0.1, 0.15) is 11.5 Å². The molecule has 0 N–H and O–H groups in total. The molecule has 1 aromatic carbocycles. The number of nitriles is 2. The van der Waals surface area contributed by atoms with E-state index in [2.05, 4.69) is 4.98 Å². The van der Waals surface area contributed by atoms with Crippen LogP contribution in [0.4, 0.5) is 0 Å². The fourth-order valence-electron chi connectivity index (χ4n) is 1.69. The SMILES string of the molecule is COc1cc(C#N)cc(Oc2cc(C#N)cc(C)n2)c1. The molecule has 0 aliphatic carbocycles. The van der Waals surface area contributed by atoms with Crippen LogP contribution in [0.25, 0.3) is 0 Å². The molecule has 0 aliphatic heterocycles. The van der Waals surface area contributed by atoms with Crippen molar-refractivity contribution in [2.24, 2.45) is 0 Å². The van der Waals surface area contributed by atoms with Crippen LogP contribution in [0, 0.1) is 29.6 Å². The molecule has 2 aromatic rings. The number of ether oxygens (including phenoxy) is 2. The smallest absolute Gasteiger partial charge is 0.220 e. The van der Waals surface area contributed by atoms with Crippen molar-refractivity contribution >= 4 is 0 Å². The number of aryl methyl sites for hydroxylation is 1. The van der Waals surface area contributed by atoms with E-state index in [1.807, 2.05) is 12.1 Å². The Morgan fingerprint density at radius 2 is 1.60 bits per heavy atom. The summed E-state index contributed by atoms with van der Waals surface area (Å²) in [7, 11) is 1.51. The molecule has 1 heterocycles. The number of rotatable bonds is 3. The molecule has 0 saturated carbocycles. The zero-order valence-electron chi connectivity index (χ0n) is 11.0. The molecule has 0 aliphatic rings. The summed E-state index contributed by atoms with van der Waals surface area (Å²) < 4.78 is 10.7. The summed E-state index contributed by atoms with van der Waals surface area (Å²) in [6.45, 7) is 1.78. The molecule has 0 radical (unpaired) electrons. The maximum atomic E-state index is 8.95. The average molecular weight is 265 g/mol. The van der Waals surface area contributed by atoms with Crippen LogP contribution in [-0.4, -0.2) is 12.1 Å². The van der Waals surface area contributed by atoms with E-state index in [0.717, 1.165) is 0 Å². The van der Waals surface area contributed by atoms with Gasteiger partial charge in [-0.2, -0.15) is 10.5 Å². The van der Waals surface area contributed by atoms with Gasteiger partial charge in [-0.05, 0) is 25.1 Å². The van der Waals surface area contributed by atoms with Crippen LogP contribution in [0.2, 0.25) is 0 Å². The van der Waals surface area contributed by atoms with E-state index >= 15 is 0 Å². The molecule has 98 valence electrons. The third-order valence-corrected chi connectivity index (χ3v) is 2.53. The van der Waals surface area contributed by atoms with E-state index in [1.165, 1.54) is 7.11 Å². The molecule has 5 heteroatoms. The molecule has 0 unspecified atom stereocenters. The van der Waals surface area contributed by atoms with Crippen molar-refractivity contribution in [3.05, 3.63) is 47.2 Å². The standard InChI is InChI=1S/C15H11N3O2/c1-10-3-11(8-16)6-15(18-10)20-14-5-12(9-17)4-13(7-14)19-2/h3-7H,1-2H3. The fourth-order valence-corrected chi connectivity index (χ4v) is 1.69. The monoisotopic (exact) mass is 265 g/mol. The zero-order chi connectivity index (χ0) is 14.5. The summed E-state index contributed by atoms with van der Waals surface area (Å²) in [5.74, 6) is 1.26. The highest BCUT2D eigenvalue weighted by Gasteiger charge is 2.06. The van der Waals surface area contributed by atoms with Gasteiger partial charge >= 0.3 is 0 Å². The lowest BCUT2D eigenvalue weighted by atomic mass is 10.2. The van der Waals surface area contributed by atoms with E-state index < -0.39 is 0 Å². The van der Waals surface area contributed by atoms with Crippen molar-refractivity contribution in [3.8, 4) is 29.5 Å². The van der Waals surface area contributed by atoms with Crippen LogP contribution in [0.1, 0.15) is 16.8 Å². The molecule has 5 nitrogen and oxygen atoms in total. The summed E-state index contributed by atoms with van der Waals surface area (Å²) in [5, 5.41) is 17.9. The third-order valence-electron chi connectivity index (χ3n) is 2.53. The molecule has 0 amide bonds. The Labute approximate surface area is 116 Å². The van der Waals surface area contributed by atoms with Gasteiger partial charge in [0.05, 0.1) is 30.4 Å². The van der Waals surface area contributed by atoms with Crippen molar-refractivity contribution in [3.63, 3.8) is 0 Å². The van der Waals surface area contributed by atoms with Gasteiger partial charge in [-0.3, -0.25) is 0 Å². The van der Waals surface area contributed by atoms with Gasteiger partial charge in [-0.1, -0.05) is 0 Å². The van der Waals surface area contributed by atoms with E-state index in [9.17, 15) is 0 Å². The summed E-state index contributed by atoms with van der Waals surface area (Å²) in [5.41, 5.74) is 1.57. The topological polar surface area (TPSA) is 78.9 Å². The van der Waals surface area contributed by atoms with Crippen LogP contribution < -0.4 is 9.47 Å². The van der Waals surface area contributed by atoms with Gasteiger partial charge in [0.15, 0.2) is 0 Å². The highest BCUT2D eigenvalue weighted by atomic mass is 16.5. The molecule has 1 aromatic heterocycles. The predicted molar refractivity (Wildman–Crippen MR) is 71.5 cm³/mol. The van der Waals surface area contributed by atoms with Crippen LogP contribution in [0.15, 0.2) is 30.3 Å². The first-order chi connectivity index (χ1) is 9.64. The molecule has 0 saturated heterocycles. The molecule has 0 bridgehead atoms. The lowest BCUT2D eigenvalue weighted by Gasteiger charge is -2.08. The van der Waals surface area contributed by atoms with E-state index in [-0.39, 0.29) is 0 Å². The Morgan fingerprint density at radius 3 is 2.25 bits per heavy atom. The van der Waals surface area contributed by atoms with Crippen molar-refractivity contribution in [1.82, 2.24) is 4.98 Å². The normalized spacial score (nSPS) is 9.40. The minimum atomic E-state index is 0.304. The van der Waals surface area contributed by atoms with E-state index in [0.29, 0.717) is 34.2 Å². The Morgan fingerprint density at radius 1 is 0.950 bits per heavy atom. The first kappa shape index (κ1) is 13.4. The molecule has 2 rings (SSSR count). The summed E-state index contributed by atoms with van der Waals surface area (Å²) in [4.78, 5) is 4.19. The van der Waals surface area contributed by atoms with Gasteiger partial charge in [0.2, 0.25) is 5.88 Å². The number of pyridine rings is 1. The Balaban J connectivity index is 2.37. The molecule has 0 atom stereocenters. The van der Waals surface area contributed by atoms with Gasteiger partial charge in [-0.15, -0.1) is 0 Å². The summed E-state index contributed by atoms with van der Waals surface area (Å²) in [6, 6.07) is 12.1. The predicted octanol–water partition coefficient (Wildman–Crippen LogP) is 2.93. The van der Waals surface area contributed by atoms with Gasteiger partial charge < -0.3 is 9.47 Å². The van der Waals surface area contributed by atoms with Crippen LogP contribution in [-0.2, 0) is 0 Å². The van der Waals surface area contributed by atoms with E-state index in [4.69, 9.17) is 20.0 Å². The number of nitrogens with zero attached hydrogens (tertiary/aromatic N) is 3. The number of hydrogen-bond acceptors (Lipinski definition) is 5. The van der Waals surface area contributed by atoms with E-state index in [1.54, 1.807) is 37.3 Å². The second-order valence-corrected chi connectivity index (χ2v) is 4.06. The maximum Gasteiger partial charge on any atom is 0.220 e. The Bertz CT molecular complexity index is 727. The third kappa shape index (κ3) is 3.04. The highest BCUT2D eigenvalue weighted by molar-refractivity contribution is 5.45. The highest BCUT2D eigenvalue weighted by Crippen LogP contribution is 2.26. The van der Waals surface area contributed by atoms with Crippen LogP contribution in [0.5, 0.6) is 17.4 Å². The number of benzene rings is 1. The van der Waals surface area contributed by atoms with Crippen LogP contribution >= 0.6 is 0 Å². The minimum Gasteiger partial charge on any atom is -0.497 e. The van der Waals surface area contributed by atoms with Gasteiger partial charge in [-0.25, -0.2) is 4.98 Å². The largest absolute Gasteiger partial charge is 0.497 e. The van der Waals surface area contributed by atoms with Crippen molar-refractivity contribution < 1.29 is 9.47 Å². The molecule has 0 fully saturated rings. The second kappa shape index (κ2) is 5.73. The first-order valence-corrected chi connectivity index (χ1v) is 5.80. The van der Waals surface area contributed by atoms with Crippen LogP contribution in [0.3, 0.4) is 0 Å². The van der Waals surface area contributed by atoms with Crippen molar-refractivity contribution in [2.75, 3.05) is 7.11 Å². The molecular weight excluding hydrogens is 254 g/mol. The molecule has 0 spiro atoms. The molecule has 20 heavy (non-hydrogen) atoms. The molecular formula is C15H11N3O2. The number of methoxy groups -OCH3 is 1. The second-order valence-electron chi connectivity index (χ2n) is 4.06. The van der Waals surface area contributed by atoms with Gasteiger partial charge in [0.25, 0.3) is 0 Å². The fraction of sp³-hybridized carbons (Fsp3) is 0.133. The van der Waals surface area contributed by atoms with Crippen molar-refractivity contribution in [1.29, 1.82) is 10.5 Å². The Hall–Kier alpha value is -3.05. The van der Waals surface area contributed by atoms with Gasteiger partial charge in [0, 0.05) is 17.8 Å². The zero-order valence-corrected chi connectivity index (χ0v) is 11.0.